The minimum absolute atomic E-state index is 0.0723. The van der Waals surface area contributed by atoms with Gasteiger partial charge in [-0.05, 0) is 34.5 Å². The molecule has 1 aromatic heterocycles. The maximum Gasteiger partial charge on any atom is 0.388 e. The van der Waals surface area contributed by atoms with Crippen molar-refractivity contribution in [3.8, 4) is 5.88 Å². The van der Waals surface area contributed by atoms with Crippen LogP contribution < -0.4 is 4.74 Å². The molecule has 5 heteroatoms. The summed E-state index contributed by atoms with van der Waals surface area (Å²) < 4.78 is 28.0. The van der Waals surface area contributed by atoms with Crippen LogP contribution in [0.25, 0.3) is 0 Å². The minimum Gasteiger partial charge on any atom is -0.417 e. The minimum atomic E-state index is -2.83. The topological polar surface area (TPSA) is 22.1 Å². The molecule has 0 N–H and O–H groups in total. The van der Waals surface area contributed by atoms with Gasteiger partial charge in [0.05, 0.1) is 0 Å². The van der Waals surface area contributed by atoms with E-state index in [4.69, 9.17) is 0 Å². The SMILES string of the molecule is Cc1cc(Br)nc(OC(F)F)c1. The van der Waals surface area contributed by atoms with Gasteiger partial charge < -0.3 is 4.74 Å². The first kappa shape index (κ1) is 9.38. The van der Waals surface area contributed by atoms with Gasteiger partial charge in [0.15, 0.2) is 0 Å². The Balaban J connectivity index is 2.85. The second kappa shape index (κ2) is 3.80. The van der Waals surface area contributed by atoms with Gasteiger partial charge in [0.2, 0.25) is 5.88 Å². The van der Waals surface area contributed by atoms with Gasteiger partial charge in [0.1, 0.15) is 4.60 Å². The molecule has 0 saturated carbocycles. The molecule has 66 valence electrons. The summed E-state index contributed by atoms with van der Waals surface area (Å²) in [5.41, 5.74) is 0.813. The quantitative estimate of drug-likeness (QED) is 0.739. The highest BCUT2D eigenvalue weighted by molar-refractivity contribution is 9.10. The fraction of sp³-hybridized carbons (Fsp3) is 0.286. The van der Waals surface area contributed by atoms with Crippen LogP contribution >= 0.6 is 15.9 Å². The normalized spacial score (nSPS) is 10.4. The van der Waals surface area contributed by atoms with Crippen molar-refractivity contribution in [2.24, 2.45) is 0 Å². The van der Waals surface area contributed by atoms with E-state index in [2.05, 4.69) is 25.7 Å². The van der Waals surface area contributed by atoms with Gasteiger partial charge in [0, 0.05) is 6.07 Å². The molecule has 1 aromatic rings. The van der Waals surface area contributed by atoms with Crippen molar-refractivity contribution in [2.75, 3.05) is 0 Å². The average Bonchev–Trinajstić information content (AvgIpc) is 1.81. The molecule has 0 fully saturated rings. The van der Waals surface area contributed by atoms with Crippen LogP contribution in [0.2, 0.25) is 0 Å². The predicted molar refractivity (Wildman–Crippen MR) is 43.3 cm³/mol. The standard InChI is InChI=1S/C7H6BrF2NO/c1-4-2-5(8)11-6(3-4)12-7(9)10/h2-3,7H,1H3. The summed E-state index contributed by atoms with van der Waals surface area (Å²) in [6.45, 7) is -1.06. The van der Waals surface area contributed by atoms with Crippen LogP contribution in [0.4, 0.5) is 8.78 Å². The van der Waals surface area contributed by atoms with Gasteiger partial charge in [-0.3, -0.25) is 0 Å². The smallest absolute Gasteiger partial charge is 0.388 e. The van der Waals surface area contributed by atoms with Gasteiger partial charge in [-0.25, -0.2) is 4.98 Å². The number of ether oxygens (including phenoxy) is 1. The van der Waals surface area contributed by atoms with Crippen LogP contribution in [0.1, 0.15) is 5.56 Å². The molecule has 0 aliphatic heterocycles. The lowest BCUT2D eigenvalue weighted by molar-refractivity contribution is -0.0529. The van der Waals surface area contributed by atoms with E-state index in [1.165, 1.54) is 6.07 Å². The van der Waals surface area contributed by atoms with Crippen LogP contribution in [0.5, 0.6) is 5.88 Å². The number of pyridine rings is 1. The third-order valence-electron chi connectivity index (χ3n) is 1.12. The van der Waals surface area contributed by atoms with Crippen molar-refractivity contribution >= 4 is 15.9 Å². The molecular weight excluding hydrogens is 232 g/mol. The van der Waals surface area contributed by atoms with Crippen molar-refractivity contribution in [3.05, 3.63) is 22.3 Å². The molecule has 0 aliphatic rings. The first-order valence-electron chi connectivity index (χ1n) is 3.17. The van der Waals surface area contributed by atoms with E-state index in [0.717, 1.165) is 5.56 Å². The van der Waals surface area contributed by atoms with Crippen molar-refractivity contribution in [1.82, 2.24) is 4.98 Å². The summed E-state index contributed by atoms with van der Waals surface area (Å²) in [5, 5.41) is 0. The number of alkyl halides is 2. The molecule has 0 aromatic carbocycles. The molecule has 0 bridgehead atoms. The lowest BCUT2D eigenvalue weighted by Crippen LogP contribution is -2.03. The number of halogens is 3. The summed E-state index contributed by atoms with van der Waals surface area (Å²) >= 11 is 3.07. The average molecular weight is 238 g/mol. The largest absolute Gasteiger partial charge is 0.417 e. The summed E-state index contributed by atoms with van der Waals surface area (Å²) in [6, 6.07) is 3.15. The number of rotatable bonds is 2. The lowest BCUT2D eigenvalue weighted by atomic mass is 10.3. The maximum absolute atomic E-state index is 11.7. The second-order valence-electron chi connectivity index (χ2n) is 2.18. The number of nitrogens with zero attached hydrogens (tertiary/aromatic N) is 1. The molecule has 0 radical (unpaired) electrons. The lowest BCUT2D eigenvalue weighted by Gasteiger charge is -2.03. The van der Waals surface area contributed by atoms with Gasteiger partial charge >= 0.3 is 6.61 Å². The van der Waals surface area contributed by atoms with E-state index in [1.807, 2.05) is 0 Å². The zero-order valence-corrected chi connectivity index (χ0v) is 7.81. The van der Waals surface area contributed by atoms with E-state index in [1.54, 1.807) is 13.0 Å². The van der Waals surface area contributed by atoms with Gasteiger partial charge in [-0.1, -0.05) is 0 Å². The van der Waals surface area contributed by atoms with Crippen molar-refractivity contribution < 1.29 is 13.5 Å². The first-order valence-corrected chi connectivity index (χ1v) is 3.96. The van der Waals surface area contributed by atoms with Crippen LogP contribution in [0, 0.1) is 6.92 Å². The molecule has 0 aliphatic carbocycles. The van der Waals surface area contributed by atoms with E-state index < -0.39 is 6.61 Å². The number of aryl methyl sites for hydroxylation is 1. The van der Waals surface area contributed by atoms with E-state index in [0.29, 0.717) is 4.60 Å². The highest BCUT2D eigenvalue weighted by Crippen LogP contribution is 2.17. The molecule has 0 amide bonds. The van der Waals surface area contributed by atoms with Crippen LogP contribution in [-0.2, 0) is 0 Å². The van der Waals surface area contributed by atoms with Gasteiger partial charge in [-0.15, -0.1) is 0 Å². The Labute approximate surface area is 76.7 Å². The van der Waals surface area contributed by atoms with Crippen molar-refractivity contribution in [3.63, 3.8) is 0 Å². The van der Waals surface area contributed by atoms with E-state index >= 15 is 0 Å². The monoisotopic (exact) mass is 237 g/mol. The zero-order chi connectivity index (χ0) is 9.14. The van der Waals surface area contributed by atoms with Crippen LogP contribution in [0.3, 0.4) is 0 Å². The Bertz CT molecular complexity index is 260. The highest BCUT2D eigenvalue weighted by atomic mass is 79.9. The summed E-state index contributed by atoms with van der Waals surface area (Å²) in [7, 11) is 0. The van der Waals surface area contributed by atoms with Crippen molar-refractivity contribution in [1.29, 1.82) is 0 Å². The van der Waals surface area contributed by atoms with E-state index in [-0.39, 0.29) is 5.88 Å². The second-order valence-corrected chi connectivity index (χ2v) is 3.00. The van der Waals surface area contributed by atoms with Crippen LogP contribution in [-0.4, -0.2) is 11.6 Å². The van der Waals surface area contributed by atoms with E-state index in [9.17, 15) is 8.78 Å². The summed E-state index contributed by atoms with van der Waals surface area (Å²) in [4.78, 5) is 3.69. The number of aromatic nitrogens is 1. The molecule has 0 unspecified atom stereocenters. The predicted octanol–water partition coefficient (Wildman–Crippen LogP) is 2.75. The van der Waals surface area contributed by atoms with Crippen LogP contribution in [0.15, 0.2) is 16.7 Å². The zero-order valence-electron chi connectivity index (χ0n) is 6.22. The van der Waals surface area contributed by atoms with Gasteiger partial charge in [0.25, 0.3) is 0 Å². The molecule has 12 heavy (non-hydrogen) atoms. The third kappa shape index (κ3) is 2.73. The maximum atomic E-state index is 11.7. The summed E-state index contributed by atoms with van der Waals surface area (Å²) in [5.74, 6) is -0.0723. The molecule has 1 rings (SSSR count). The molecule has 2 nitrogen and oxygen atoms in total. The number of hydrogen-bond acceptors (Lipinski definition) is 2. The third-order valence-corrected chi connectivity index (χ3v) is 1.53. The molecule has 1 heterocycles. The Morgan fingerprint density at radius 1 is 1.50 bits per heavy atom. The van der Waals surface area contributed by atoms with Gasteiger partial charge in [-0.2, -0.15) is 8.78 Å². The fourth-order valence-corrected chi connectivity index (χ4v) is 1.28. The highest BCUT2D eigenvalue weighted by Gasteiger charge is 2.06. The molecule has 0 atom stereocenters. The van der Waals surface area contributed by atoms with Crippen molar-refractivity contribution in [2.45, 2.75) is 13.5 Å². The molecule has 0 spiro atoms. The molecular formula is C7H6BrF2NO. The first-order chi connectivity index (χ1) is 5.58. The Morgan fingerprint density at radius 2 is 2.17 bits per heavy atom. The summed E-state index contributed by atoms with van der Waals surface area (Å²) in [6.07, 6.45) is 0. The Morgan fingerprint density at radius 3 is 2.67 bits per heavy atom. The molecule has 0 saturated heterocycles. The number of hydrogen-bond donors (Lipinski definition) is 0. The fourth-order valence-electron chi connectivity index (χ4n) is 0.746. The Kier molecular flexibility index (Phi) is 2.97. The Hall–Kier alpha value is -0.710.